The minimum atomic E-state index is -0.318. The molecule has 0 aliphatic rings. The second-order valence-corrected chi connectivity index (χ2v) is 4.00. The van der Waals surface area contributed by atoms with Crippen LogP contribution >= 0.6 is 11.6 Å². The molecular weight excluding hydrogens is 198 g/mol. The maximum Gasteiger partial charge on any atom is 0.240 e. The van der Waals surface area contributed by atoms with Gasteiger partial charge in [0.15, 0.2) is 0 Å². The zero-order chi connectivity index (χ0) is 11.0. The van der Waals surface area contributed by atoms with Crippen molar-refractivity contribution < 1.29 is 4.79 Å². The third kappa shape index (κ3) is 4.85. The molecule has 0 aliphatic carbocycles. The third-order valence-electron chi connectivity index (χ3n) is 2.40. The predicted molar refractivity (Wildman–Crippen MR) is 61.7 cm³/mol. The lowest BCUT2D eigenvalue weighted by Gasteiger charge is -2.21. The molecule has 84 valence electrons. The fourth-order valence-electron chi connectivity index (χ4n) is 1.43. The number of alkyl halides is 1. The summed E-state index contributed by atoms with van der Waals surface area (Å²) in [6.07, 6.45) is 4.19. The van der Waals surface area contributed by atoms with E-state index in [0.717, 1.165) is 32.4 Å². The van der Waals surface area contributed by atoms with Crippen molar-refractivity contribution in [1.82, 2.24) is 4.90 Å². The van der Waals surface area contributed by atoms with Gasteiger partial charge in [0.05, 0.1) is 0 Å². The quantitative estimate of drug-likeness (QED) is 0.476. The molecule has 1 unspecified atom stereocenters. The highest BCUT2D eigenvalue weighted by atomic mass is 35.5. The molecule has 3 heteroatoms. The summed E-state index contributed by atoms with van der Waals surface area (Å²) in [5.74, 6) is 0.0905. The van der Waals surface area contributed by atoms with Gasteiger partial charge in [0.1, 0.15) is 5.38 Å². The number of carbonyl (C=O) groups is 1. The van der Waals surface area contributed by atoms with E-state index >= 15 is 0 Å². The van der Waals surface area contributed by atoms with Crippen LogP contribution in [0.2, 0.25) is 0 Å². The summed E-state index contributed by atoms with van der Waals surface area (Å²) in [5, 5.41) is -0.318. The molecule has 1 amide bonds. The minimum Gasteiger partial charge on any atom is -0.342 e. The number of amides is 1. The number of hydrogen-bond donors (Lipinski definition) is 0. The summed E-state index contributed by atoms with van der Waals surface area (Å²) < 4.78 is 0. The van der Waals surface area contributed by atoms with Gasteiger partial charge in [-0.15, -0.1) is 11.6 Å². The van der Waals surface area contributed by atoms with Crippen LogP contribution in [0.1, 0.15) is 46.5 Å². The van der Waals surface area contributed by atoms with Crippen molar-refractivity contribution in [1.29, 1.82) is 0 Å². The molecule has 14 heavy (non-hydrogen) atoms. The minimum absolute atomic E-state index is 0.0905. The highest BCUT2D eigenvalue weighted by molar-refractivity contribution is 6.30. The average molecular weight is 220 g/mol. The molecule has 0 N–H and O–H groups in total. The average Bonchev–Trinajstić information content (AvgIpc) is 2.19. The molecule has 0 bridgehead atoms. The Morgan fingerprint density at radius 2 is 1.79 bits per heavy atom. The molecule has 0 saturated heterocycles. The zero-order valence-electron chi connectivity index (χ0n) is 9.55. The number of unbranched alkanes of at least 4 members (excludes halogenated alkanes) is 2. The van der Waals surface area contributed by atoms with Crippen LogP contribution < -0.4 is 0 Å². The van der Waals surface area contributed by atoms with Crippen molar-refractivity contribution in [2.24, 2.45) is 0 Å². The van der Waals surface area contributed by atoms with Gasteiger partial charge in [-0.3, -0.25) is 4.79 Å². The number of nitrogens with zero attached hydrogens (tertiary/aromatic N) is 1. The summed E-state index contributed by atoms with van der Waals surface area (Å²) in [6.45, 7) is 7.63. The van der Waals surface area contributed by atoms with Gasteiger partial charge in [-0.2, -0.15) is 0 Å². The van der Waals surface area contributed by atoms with Crippen LogP contribution in [-0.2, 0) is 4.79 Å². The lowest BCUT2D eigenvalue weighted by Crippen LogP contribution is -2.36. The first-order valence-electron chi connectivity index (χ1n) is 5.60. The van der Waals surface area contributed by atoms with E-state index in [-0.39, 0.29) is 11.3 Å². The largest absolute Gasteiger partial charge is 0.342 e. The Hall–Kier alpha value is -0.240. The summed E-state index contributed by atoms with van der Waals surface area (Å²) in [7, 11) is 0. The van der Waals surface area contributed by atoms with Crippen molar-refractivity contribution in [3.63, 3.8) is 0 Å². The van der Waals surface area contributed by atoms with E-state index in [4.69, 9.17) is 11.6 Å². The van der Waals surface area contributed by atoms with Gasteiger partial charge in [0.25, 0.3) is 0 Å². The Morgan fingerprint density at radius 3 is 2.21 bits per heavy atom. The Bertz CT molecular complexity index is 157. The lowest BCUT2D eigenvalue weighted by molar-refractivity contribution is -0.130. The molecule has 1 atom stereocenters. The molecule has 0 aliphatic heterocycles. The molecule has 0 aromatic rings. The number of halogens is 1. The number of hydrogen-bond acceptors (Lipinski definition) is 1. The predicted octanol–water partition coefficient (Wildman–Crippen LogP) is 3.04. The van der Waals surface area contributed by atoms with Crippen molar-refractivity contribution in [2.45, 2.75) is 51.8 Å². The molecule has 0 fully saturated rings. The molecule has 0 rings (SSSR count). The Labute approximate surface area is 92.6 Å². The van der Waals surface area contributed by atoms with E-state index in [2.05, 4.69) is 6.92 Å². The molecule has 0 aromatic carbocycles. The maximum absolute atomic E-state index is 11.7. The lowest BCUT2D eigenvalue weighted by atomic mass is 10.1. The third-order valence-corrected chi connectivity index (χ3v) is 2.81. The molecule has 0 saturated carbocycles. The van der Waals surface area contributed by atoms with E-state index in [0.29, 0.717) is 0 Å². The van der Waals surface area contributed by atoms with E-state index in [1.165, 1.54) is 6.42 Å². The fraction of sp³-hybridized carbons (Fsp3) is 0.909. The van der Waals surface area contributed by atoms with E-state index in [1.807, 2.05) is 13.8 Å². The summed E-state index contributed by atoms with van der Waals surface area (Å²) >= 11 is 6.03. The van der Waals surface area contributed by atoms with Crippen LogP contribution in [0, 0.1) is 0 Å². The van der Waals surface area contributed by atoms with Crippen LogP contribution in [0.3, 0.4) is 0 Å². The molecule has 0 radical (unpaired) electrons. The second kappa shape index (κ2) is 8.10. The van der Waals surface area contributed by atoms with Gasteiger partial charge in [0, 0.05) is 13.1 Å². The van der Waals surface area contributed by atoms with Crippen LogP contribution in [0.4, 0.5) is 0 Å². The SMILES string of the molecule is CCCCCC(Cl)C(=O)N(CC)CC. The second-order valence-electron chi connectivity index (χ2n) is 3.47. The van der Waals surface area contributed by atoms with E-state index < -0.39 is 0 Å². The maximum atomic E-state index is 11.7. The van der Waals surface area contributed by atoms with Crippen molar-refractivity contribution in [2.75, 3.05) is 13.1 Å². The number of rotatable bonds is 7. The highest BCUT2D eigenvalue weighted by Gasteiger charge is 2.19. The smallest absolute Gasteiger partial charge is 0.240 e. The van der Waals surface area contributed by atoms with Crippen molar-refractivity contribution in [3.8, 4) is 0 Å². The van der Waals surface area contributed by atoms with Crippen LogP contribution in [-0.4, -0.2) is 29.3 Å². The molecule has 0 spiro atoms. The van der Waals surface area contributed by atoms with Gasteiger partial charge >= 0.3 is 0 Å². The Kier molecular flexibility index (Phi) is 7.96. The van der Waals surface area contributed by atoms with E-state index in [9.17, 15) is 4.79 Å². The standard InChI is InChI=1S/C11H22ClNO/c1-4-7-8-9-10(12)11(14)13(5-2)6-3/h10H,4-9H2,1-3H3. The van der Waals surface area contributed by atoms with Gasteiger partial charge in [-0.1, -0.05) is 26.2 Å². The Morgan fingerprint density at radius 1 is 1.21 bits per heavy atom. The van der Waals surface area contributed by atoms with Crippen molar-refractivity contribution >= 4 is 17.5 Å². The fourth-order valence-corrected chi connectivity index (χ4v) is 1.72. The van der Waals surface area contributed by atoms with Gasteiger partial charge in [-0.05, 0) is 20.3 Å². The van der Waals surface area contributed by atoms with Gasteiger partial charge < -0.3 is 4.90 Å². The molecule has 0 heterocycles. The first-order chi connectivity index (χ1) is 6.67. The topological polar surface area (TPSA) is 20.3 Å². The first kappa shape index (κ1) is 13.8. The normalized spacial score (nSPS) is 12.6. The zero-order valence-corrected chi connectivity index (χ0v) is 10.3. The monoisotopic (exact) mass is 219 g/mol. The van der Waals surface area contributed by atoms with E-state index in [1.54, 1.807) is 4.90 Å². The van der Waals surface area contributed by atoms with Gasteiger partial charge in [0.2, 0.25) is 5.91 Å². The molecule has 0 aromatic heterocycles. The van der Waals surface area contributed by atoms with Crippen LogP contribution in [0.5, 0.6) is 0 Å². The highest BCUT2D eigenvalue weighted by Crippen LogP contribution is 2.12. The van der Waals surface area contributed by atoms with Gasteiger partial charge in [-0.25, -0.2) is 0 Å². The summed E-state index contributed by atoms with van der Waals surface area (Å²) in [4.78, 5) is 13.5. The number of carbonyl (C=O) groups excluding carboxylic acids is 1. The summed E-state index contributed by atoms with van der Waals surface area (Å²) in [5.41, 5.74) is 0. The van der Waals surface area contributed by atoms with Crippen LogP contribution in [0.25, 0.3) is 0 Å². The Balaban J connectivity index is 3.84. The summed E-state index contributed by atoms with van der Waals surface area (Å²) in [6, 6.07) is 0. The van der Waals surface area contributed by atoms with Crippen LogP contribution in [0.15, 0.2) is 0 Å². The molecule has 2 nitrogen and oxygen atoms in total. The first-order valence-corrected chi connectivity index (χ1v) is 6.03. The molecular formula is C11H22ClNO. The van der Waals surface area contributed by atoms with Crippen molar-refractivity contribution in [3.05, 3.63) is 0 Å².